The van der Waals surface area contributed by atoms with Crippen molar-refractivity contribution in [3.63, 3.8) is 0 Å². The highest BCUT2D eigenvalue weighted by Gasteiger charge is 2.44. The van der Waals surface area contributed by atoms with Crippen LogP contribution in [0, 0.1) is 0 Å². The SMILES string of the molecule is CCCCCCCCCCCCCC/C=C\CCCCCCCCCCCC(=O)NC(COC1OC(CO)C(O)C(O)C1O)C(O)/C=C/CCCCCCCCCCCCCCCCC. The van der Waals surface area contributed by atoms with Gasteiger partial charge in [-0.2, -0.15) is 0 Å². The van der Waals surface area contributed by atoms with E-state index in [4.69, 9.17) is 9.47 Å². The van der Waals surface area contributed by atoms with Gasteiger partial charge in [0.15, 0.2) is 6.29 Å². The van der Waals surface area contributed by atoms with E-state index < -0.39 is 49.5 Å². The highest BCUT2D eigenvalue weighted by atomic mass is 16.7. The van der Waals surface area contributed by atoms with E-state index >= 15 is 0 Å². The lowest BCUT2D eigenvalue weighted by molar-refractivity contribution is -0.302. The molecule has 0 spiro atoms. The standard InChI is InChI=1S/C56H107NO8/c1-3-5-7-9-11-13-15-17-19-21-22-23-24-25-26-27-28-30-32-34-36-38-40-42-44-46-52(60)57-49(48-64-56-55(63)54(62)53(61)51(47-58)65-56)50(59)45-43-41-39-37-35-33-31-29-20-18-16-14-12-10-8-6-4-2/h25-26,43,45,49-51,53-56,58-59,61-63H,3-24,27-42,44,46-48H2,1-2H3,(H,57,60)/b26-25-,45-43+. The minimum atomic E-state index is -1.57. The van der Waals surface area contributed by atoms with Crippen molar-refractivity contribution in [2.45, 2.75) is 314 Å². The largest absolute Gasteiger partial charge is 0.394 e. The van der Waals surface area contributed by atoms with E-state index in [1.54, 1.807) is 6.08 Å². The zero-order valence-electron chi connectivity index (χ0n) is 42.5. The first-order chi connectivity index (χ1) is 31.8. The second kappa shape index (κ2) is 46.4. The molecule has 1 fully saturated rings. The molecule has 0 aromatic heterocycles. The first kappa shape index (κ1) is 61.7. The summed E-state index contributed by atoms with van der Waals surface area (Å²) in [6, 6.07) is -0.804. The Labute approximate surface area is 400 Å². The summed E-state index contributed by atoms with van der Waals surface area (Å²) in [6.07, 6.45) is 50.9. The Hall–Kier alpha value is -1.33. The average molecular weight is 922 g/mol. The van der Waals surface area contributed by atoms with E-state index in [9.17, 15) is 30.3 Å². The zero-order chi connectivity index (χ0) is 47.3. The number of aliphatic hydroxyl groups is 5. The molecule has 0 aromatic rings. The number of hydrogen-bond donors (Lipinski definition) is 6. The second-order valence-corrected chi connectivity index (χ2v) is 19.7. The van der Waals surface area contributed by atoms with E-state index in [2.05, 4.69) is 31.3 Å². The number of carbonyl (C=O) groups excluding carboxylic acids is 1. The molecule has 0 saturated carbocycles. The number of amides is 1. The Kier molecular flexibility index (Phi) is 44.0. The fourth-order valence-electron chi connectivity index (χ4n) is 9.04. The van der Waals surface area contributed by atoms with E-state index in [0.29, 0.717) is 6.42 Å². The molecule has 0 aromatic carbocycles. The maximum atomic E-state index is 13.0. The molecule has 1 amide bonds. The lowest BCUT2D eigenvalue weighted by Gasteiger charge is -2.40. The number of allylic oxidation sites excluding steroid dienone is 3. The van der Waals surface area contributed by atoms with Crippen molar-refractivity contribution in [1.82, 2.24) is 5.32 Å². The van der Waals surface area contributed by atoms with E-state index in [-0.39, 0.29) is 12.5 Å². The molecule has 1 saturated heterocycles. The highest BCUT2D eigenvalue weighted by molar-refractivity contribution is 5.76. The first-order valence-corrected chi connectivity index (χ1v) is 28.1. The third-order valence-electron chi connectivity index (χ3n) is 13.5. The van der Waals surface area contributed by atoms with Crippen LogP contribution in [0.4, 0.5) is 0 Å². The smallest absolute Gasteiger partial charge is 0.220 e. The summed E-state index contributed by atoms with van der Waals surface area (Å²) in [7, 11) is 0. The van der Waals surface area contributed by atoms with Crippen molar-refractivity contribution in [2.24, 2.45) is 0 Å². The molecule has 0 aliphatic carbocycles. The molecule has 384 valence electrons. The van der Waals surface area contributed by atoms with Gasteiger partial charge in [0.2, 0.25) is 5.91 Å². The third kappa shape index (κ3) is 36.3. The molecule has 65 heavy (non-hydrogen) atoms. The van der Waals surface area contributed by atoms with Gasteiger partial charge in [-0.25, -0.2) is 0 Å². The third-order valence-corrected chi connectivity index (χ3v) is 13.5. The molecule has 6 N–H and O–H groups in total. The fraction of sp³-hybridized carbons (Fsp3) is 0.911. The molecular weight excluding hydrogens is 815 g/mol. The quantitative estimate of drug-likeness (QED) is 0.0261. The van der Waals surface area contributed by atoms with Gasteiger partial charge in [-0.3, -0.25) is 4.79 Å². The summed E-state index contributed by atoms with van der Waals surface area (Å²) in [4.78, 5) is 13.0. The first-order valence-electron chi connectivity index (χ1n) is 28.1. The van der Waals surface area contributed by atoms with Gasteiger partial charge in [-0.15, -0.1) is 0 Å². The highest BCUT2D eigenvalue weighted by Crippen LogP contribution is 2.23. The zero-order valence-corrected chi connectivity index (χ0v) is 42.5. The van der Waals surface area contributed by atoms with Gasteiger partial charge in [0.05, 0.1) is 25.4 Å². The van der Waals surface area contributed by atoms with Crippen LogP contribution in [0.25, 0.3) is 0 Å². The van der Waals surface area contributed by atoms with Crippen molar-refractivity contribution in [1.29, 1.82) is 0 Å². The molecule has 0 bridgehead atoms. The molecule has 1 aliphatic rings. The van der Waals surface area contributed by atoms with Crippen LogP contribution in [0.1, 0.15) is 271 Å². The Bertz CT molecular complexity index is 1070. The Morgan fingerprint density at radius 2 is 0.862 bits per heavy atom. The molecule has 0 radical (unpaired) electrons. The van der Waals surface area contributed by atoms with Crippen LogP contribution in [0.15, 0.2) is 24.3 Å². The maximum absolute atomic E-state index is 13.0. The Morgan fingerprint density at radius 1 is 0.508 bits per heavy atom. The molecule has 1 aliphatic heterocycles. The molecule has 7 unspecified atom stereocenters. The van der Waals surface area contributed by atoms with Crippen LogP contribution in [0.3, 0.4) is 0 Å². The van der Waals surface area contributed by atoms with Gasteiger partial charge in [-0.1, -0.05) is 244 Å². The summed E-state index contributed by atoms with van der Waals surface area (Å²) in [5, 5.41) is 54.4. The normalized spacial score (nSPS) is 20.0. The van der Waals surface area contributed by atoms with Gasteiger partial charge in [0.25, 0.3) is 0 Å². The second-order valence-electron chi connectivity index (χ2n) is 19.7. The predicted molar refractivity (Wildman–Crippen MR) is 272 cm³/mol. The summed E-state index contributed by atoms with van der Waals surface area (Å²) in [5.74, 6) is -0.176. The van der Waals surface area contributed by atoms with Gasteiger partial charge in [0, 0.05) is 6.42 Å². The molecule has 1 rings (SSSR count). The number of ether oxygens (including phenoxy) is 2. The fourth-order valence-corrected chi connectivity index (χ4v) is 9.04. The summed E-state index contributed by atoms with van der Waals surface area (Å²) in [6.45, 7) is 3.81. The van der Waals surface area contributed by atoms with Crippen molar-refractivity contribution in [2.75, 3.05) is 13.2 Å². The lowest BCUT2D eigenvalue weighted by Crippen LogP contribution is -2.60. The van der Waals surface area contributed by atoms with E-state index in [1.807, 2.05) is 6.08 Å². The van der Waals surface area contributed by atoms with Gasteiger partial charge < -0.3 is 40.3 Å². The summed E-state index contributed by atoms with van der Waals surface area (Å²) < 4.78 is 11.3. The molecule has 7 atom stereocenters. The van der Waals surface area contributed by atoms with Crippen LogP contribution in [0.5, 0.6) is 0 Å². The topological polar surface area (TPSA) is 149 Å². The number of rotatable bonds is 48. The van der Waals surface area contributed by atoms with Gasteiger partial charge in [-0.05, 0) is 44.9 Å². The van der Waals surface area contributed by atoms with Crippen molar-refractivity contribution < 1.29 is 39.8 Å². The number of carbonyl (C=O) groups is 1. The van der Waals surface area contributed by atoms with Crippen LogP contribution in [-0.2, 0) is 14.3 Å². The van der Waals surface area contributed by atoms with E-state index in [0.717, 1.165) is 38.5 Å². The Morgan fingerprint density at radius 3 is 1.25 bits per heavy atom. The van der Waals surface area contributed by atoms with Crippen LogP contribution in [0.2, 0.25) is 0 Å². The number of nitrogens with one attached hydrogen (secondary N) is 1. The van der Waals surface area contributed by atoms with E-state index in [1.165, 1.54) is 212 Å². The maximum Gasteiger partial charge on any atom is 0.220 e. The summed E-state index contributed by atoms with van der Waals surface area (Å²) >= 11 is 0. The molecule has 9 nitrogen and oxygen atoms in total. The molecule has 9 heteroatoms. The van der Waals surface area contributed by atoms with Crippen molar-refractivity contribution in [3.05, 3.63) is 24.3 Å². The number of unbranched alkanes of at least 4 members (excludes halogenated alkanes) is 36. The number of aliphatic hydroxyl groups excluding tert-OH is 5. The van der Waals surface area contributed by atoms with Crippen molar-refractivity contribution >= 4 is 5.91 Å². The van der Waals surface area contributed by atoms with Gasteiger partial charge >= 0.3 is 0 Å². The van der Waals surface area contributed by atoms with Gasteiger partial charge in [0.1, 0.15) is 24.4 Å². The minimum Gasteiger partial charge on any atom is -0.394 e. The van der Waals surface area contributed by atoms with Crippen molar-refractivity contribution in [3.8, 4) is 0 Å². The van der Waals surface area contributed by atoms with Crippen LogP contribution >= 0.6 is 0 Å². The Balaban J connectivity index is 2.23. The monoisotopic (exact) mass is 922 g/mol. The van der Waals surface area contributed by atoms with Crippen LogP contribution in [-0.4, -0.2) is 87.5 Å². The number of hydrogen-bond acceptors (Lipinski definition) is 8. The molecular formula is C56H107NO8. The minimum absolute atomic E-state index is 0.176. The summed E-state index contributed by atoms with van der Waals surface area (Å²) in [5.41, 5.74) is 0. The predicted octanol–water partition coefficient (Wildman–Crippen LogP) is 13.4. The average Bonchev–Trinajstić information content (AvgIpc) is 3.31. The van der Waals surface area contributed by atoms with Crippen LogP contribution < -0.4 is 5.32 Å². The lowest BCUT2D eigenvalue weighted by atomic mass is 9.99. The molecule has 1 heterocycles.